The van der Waals surface area contributed by atoms with Crippen LogP contribution in [-0.4, -0.2) is 0 Å². The zero-order valence-electron chi connectivity index (χ0n) is 2.95. The molecule has 0 fully saturated rings. The van der Waals surface area contributed by atoms with Crippen molar-refractivity contribution in [1.82, 2.24) is 0 Å². The van der Waals surface area contributed by atoms with Gasteiger partial charge in [-0.1, -0.05) is 0 Å². The summed E-state index contributed by atoms with van der Waals surface area (Å²) in [6.45, 7) is 0. The molecule has 0 atom stereocenters. The van der Waals surface area contributed by atoms with E-state index in [-0.39, 0.29) is 68.9 Å². The predicted octanol–water partition coefficient (Wildman–Crippen LogP) is -2.04. The van der Waals surface area contributed by atoms with Crippen molar-refractivity contribution >= 4 is 34.4 Å². The molecule has 0 aromatic heterocycles. The molecular formula is Cl2CsIO2. The third kappa shape index (κ3) is 27.4. The van der Waals surface area contributed by atoms with Gasteiger partial charge in [-0.25, -0.2) is 0 Å². The van der Waals surface area contributed by atoms with Gasteiger partial charge in [-0.3, -0.25) is 0 Å². The van der Waals surface area contributed by atoms with Crippen molar-refractivity contribution in [3.05, 3.63) is 0 Å². The summed E-state index contributed by atoms with van der Waals surface area (Å²) in [5.41, 5.74) is 0. The van der Waals surface area contributed by atoms with Gasteiger partial charge in [-0.2, -0.15) is 0 Å². The summed E-state index contributed by atoms with van der Waals surface area (Å²) in [5.74, 6) is 0. The van der Waals surface area contributed by atoms with Crippen molar-refractivity contribution in [3.63, 3.8) is 0 Å². The third-order valence-electron chi connectivity index (χ3n) is 0. The van der Waals surface area contributed by atoms with E-state index in [1.807, 2.05) is 0 Å². The second-order valence-corrected chi connectivity index (χ2v) is 8.38. The van der Waals surface area contributed by atoms with Gasteiger partial charge in [0.1, 0.15) is 0 Å². The first-order chi connectivity index (χ1) is 2.00. The van der Waals surface area contributed by atoms with Crippen molar-refractivity contribution in [3.8, 4) is 0 Å². The molecule has 0 saturated carbocycles. The topological polar surface area (TPSA) is 40.1 Å². The van der Waals surface area contributed by atoms with E-state index < -0.39 is 16.6 Å². The van der Waals surface area contributed by atoms with E-state index in [1.165, 1.54) is 0 Å². The fraction of sp³-hybridized carbons (Fsp3) is 0. The van der Waals surface area contributed by atoms with E-state index in [2.05, 4.69) is 17.8 Å². The molecular weight excluding hydrogens is 363 g/mol. The van der Waals surface area contributed by atoms with Gasteiger partial charge in [0, 0.05) is 0 Å². The molecule has 6 heavy (non-hydrogen) atoms. The molecule has 0 radical (unpaired) electrons. The van der Waals surface area contributed by atoms with Gasteiger partial charge in [0.25, 0.3) is 0 Å². The van der Waals surface area contributed by atoms with Crippen LogP contribution in [0.1, 0.15) is 0 Å². The molecule has 6 heteroatoms. The van der Waals surface area contributed by atoms with Gasteiger partial charge in [-0.05, 0) is 0 Å². The minimum Gasteiger partial charge on any atom is 1.00 e. The smallest absolute Gasteiger partial charge is 1.00 e. The average molecular weight is 363 g/mol. The maximum Gasteiger partial charge on any atom is 1.00 e. The van der Waals surface area contributed by atoms with Crippen molar-refractivity contribution < 1.29 is 75.4 Å². The molecule has 0 aromatic rings. The standard InChI is InChI=1S/Cl2HIO2.Cs/c1-3(2,4)5;/h(H,4,5);/q;+1/p-1. The number of halogens is 3. The molecule has 0 spiro atoms. The second-order valence-electron chi connectivity index (χ2n) is 0.350. The first-order valence-electron chi connectivity index (χ1n) is 0.594. The number of hydrogen-bond donors (Lipinski definition) is 0. The molecule has 0 rings (SSSR count). The first kappa shape index (κ1) is 11.9. The maximum atomic E-state index is 9.26. The Morgan fingerprint density at radius 2 is 1.50 bits per heavy atom. The Morgan fingerprint density at radius 3 is 1.50 bits per heavy atom. The molecule has 2 nitrogen and oxygen atoms in total. The summed E-state index contributed by atoms with van der Waals surface area (Å²) in [4.78, 5) is 0. The van der Waals surface area contributed by atoms with E-state index in [4.69, 9.17) is 0 Å². The number of hydrogen-bond acceptors (Lipinski definition) is 2. The van der Waals surface area contributed by atoms with Crippen molar-refractivity contribution in [2.75, 3.05) is 0 Å². The van der Waals surface area contributed by atoms with Crippen LogP contribution in [0.15, 0.2) is 0 Å². The van der Waals surface area contributed by atoms with Gasteiger partial charge in [0.05, 0.1) is 0 Å². The Morgan fingerprint density at radius 1 is 1.50 bits per heavy atom. The summed E-state index contributed by atoms with van der Waals surface area (Å²) < 4.78 is 18.5. The fourth-order valence-electron chi connectivity index (χ4n) is 0. The van der Waals surface area contributed by atoms with E-state index in [0.717, 1.165) is 0 Å². The van der Waals surface area contributed by atoms with Crippen molar-refractivity contribution in [2.24, 2.45) is 0 Å². The molecule has 0 unspecified atom stereocenters. The maximum absolute atomic E-state index is 9.26. The molecule has 0 amide bonds. The Hall–Kier alpha value is 3.12. The van der Waals surface area contributed by atoms with Gasteiger partial charge in [0.15, 0.2) is 0 Å². The van der Waals surface area contributed by atoms with Crippen molar-refractivity contribution in [1.29, 1.82) is 0 Å². The normalized spacial score (nSPS) is 12.5. The fourth-order valence-corrected chi connectivity index (χ4v) is 0. The minimum atomic E-state index is -4.50. The van der Waals surface area contributed by atoms with Crippen LogP contribution in [0.5, 0.6) is 0 Å². The molecule has 0 heterocycles. The van der Waals surface area contributed by atoms with Crippen LogP contribution < -0.4 is 72.3 Å². The molecule has 0 saturated heterocycles. The second kappa shape index (κ2) is 4.95. The predicted molar refractivity (Wildman–Crippen MR) is 26.4 cm³/mol. The van der Waals surface area contributed by atoms with Crippen LogP contribution in [0.25, 0.3) is 0 Å². The van der Waals surface area contributed by atoms with Gasteiger partial charge in [-0.15, -0.1) is 0 Å². The van der Waals surface area contributed by atoms with E-state index in [0.29, 0.717) is 0 Å². The van der Waals surface area contributed by atoms with Crippen molar-refractivity contribution in [2.45, 2.75) is 0 Å². The van der Waals surface area contributed by atoms with Crippen LogP contribution in [-0.2, 0) is 3.07 Å². The van der Waals surface area contributed by atoms with Gasteiger partial charge in [0.2, 0.25) is 0 Å². The zero-order chi connectivity index (χ0) is 4.50. The molecule has 0 aliphatic carbocycles. The Balaban J connectivity index is 0. The summed E-state index contributed by atoms with van der Waals surface area (Å²) in [6.07, 6.45) is 0. The average Bonchev–Trinajstić information content (AvgIpc) is 0.722. The Bertz CT molecular complexity index is 57.7. The van der Waals surface area contributed by atoms with Crippen LogP contribution in [0.4, 0.5) is 0 Å². The molecule has 0 bridgehead atoms. The quantitative estimate of drug-likeness (QED) is 0.466. The minimum absolute atomic E-state index is 0. The number of rotatable bonds is 0. The Labute approximate surface area is 106 Å². The Kier molecular flexibility index (Phi) is 9.79. The van der Waals surface area contributed by atoms with Crippen LogP contribution in [0, 0.1) is 0 Å². The third-order valence-corrected chi connectivity index (χ3v) is 0. The van der Waals surface area contributed by atoms with Gasteiger partial charge < -0.3 is 0 Å². The molecule has 0 aliphatic rings. The first-order valence-corrected chi connectivity index (χ1v) is 7.82. The van der Waals surface area contributed by atoms with Crippen LogP contribution in [0.2, 0.25) is 0 Å². The summed E-state index contributed by atoms with van der Waals surface area (Å²) in [6, 6.07) is 0. The molecule has 0 N–H and O–H groups in total. The SMILES string of the molecule is O=I([O-])(Cl)Cl.[Cs+]. The molecule has 0 aliphatic heterocycles. The summed E-state index contributed by atoms with van der Waals surface area (Å²) >= 11 is -4.50. The largest absolute Gasteiger partial charge is 1.00 e. The zero-order valence-corrected chi connectivity index (χ0v) is 12.9. The van der Waals surface area contributed by atoms with E-state index >= 15 is 0 Å². The van der Waals surface area contributed by atoms with Crippen LogP contribution in [0.3, 0.4) is 0 Å². The molecule has 34 valence electrons. The summed E-state index contributed by atoms with van der Waals surface area (Å²) in [7, 11) is 8.73. The monoisotopic (exact) mass is 362 g/mol. The van der Waals surface area contributed by atoms with Gasteiger partial charge >= 0.3 is 110 Å². The molecule has 0 aromatic carbocycles. The van der Waals surface area contributed by atoms with E-state index in [1.54, 1.807) is 0 Å². The van der Waals surface area contributed by atoms with E-state index in [9.17, 15) is 6.51 Å². The summed E-state index contributed by atoms with van der Waals surface area (Å²) in [5, 5.41) is 0. The van der Waals surface area contributed by atoms with Crippen LogP contribution >= 0.6 is 34.4 Å².